The molecule has 0 unspecified atom stereocenters. The quantitative estimate of drug-likeness (QED) is 0.585. The first-order valence-corrected chi connectivity index (χ1v) is 7.88. The van der Waals surface area contributed by atoms with Gasteiger partial charge in [0, 0.05) is 11.3 Å². The summed E-state index contributed by atoms with van der Waals surface area (Å²) in [6, 6.07) is 7.00. The fourth-order valence-corrected chi connectivity index (χ4v) is 2.52. The Morgan fingerprint density at radius 3 is 2.40 bits per heavy atom. The number of aromatic nitrogens is 1. The number of nitrogens with one attached hydrogen (secondary N) is 3. The Bertz CT molecular complexity index is 824. The molecule has 0 aliphatic carbocycles. The standard InChI is InChI=1S/C18H21N3O4/c1-5-25-18(24)14-11(3)15(19-12(14)4)17(23)21-20-16(22)13-8-6-7-10(2)9-13/h6-9,19H,5H2,1-4H3,(H,20,22)(H,21,23). The summed E-state index contributed by atoms with van der Waals surface area (Å²) < 4.78 is 4.99. The highest BCUT2D eigenvalue weighted by atomic mass is 16.5. The van der Waals surface area contributed by atoms with Crippen LogP contribution in [0, 0.1) is 20.8 Å². The van der Waals surface area contributed by atoms with Crippen LogP contribution in [0.4, 0.5) is 0 Å². The molecular weight excluding hydrogens is 322 g/mol. The summed E-state index contributed by atoms with van der Waals surface area (Å²) in [5, 5.41) is 0. The predicted octanol–water partition coefficient (Wildman–Crippen LogP) is 2.19. The van der Waals surface area contributed by atoms with Crippen LogP contribution < -0.4 is 10.9 Å². The van der Waals surface area contributed by atoms with Crippen LogP contribution in [0.25, 0.3) is 0 Å². The third kappa shape index (κ3) is 4.06. The van der Waals surface area contributed by atoms with Crippen molar-refractivity contribution >= 4 is 17.8 Å². The van der Waals surface area contributed by atoms with Crippen molar-refractivity contribution in [1.82, 2.24) is 15.8 Å². The summed E-state index contributed by atoms with van der Waals surface area (Å²) in [5.74, 6) is -1.46. The average molecular weight is 343 g/mol. The van der Waals surface area contributed by atoms with E-state index in [0.29, 0.717) is 22.4 Å². The second-order valence-corrected chi connectivity index (χ2v) is 5.62. The van der Waals surface area contributed by atoms with Gasteiger partial charge in [-0.3, -0.25) is 20.4 Å². The van der Waals surface area contributed by atoms with Crippen LogP contribution in [0.2, 0.25) is 0 Å². The molecule has 7 heteroatoms. The first kappa shape index (κ1) is 18.3. The maximum absolute atomic E-state index is 12.3. The molecule has 0 aliphatic heterocycles. The maximum Gasteiger partial charge on any atom is 0.340 e. The number of aryl methyl sites for hydroxylation is 2. The number of benzene rings is 1. The molecule has 1 aromatic heterocycles. The van der Waals surface area contributed by atoms with E-state index in [-0.39, 0.29) is 12.3 Å². The van der Waals surface area contributed by atoms with Crippen LogP contribution in [0.3, 0.4) is 0 Å². The van der Waals surface area contributed by atoms with E-state index in [1.165, 1.54) is 0 Å². The second-order valence-electron chi connectivity index (χ2n) is 5.62. The highest BCUT2D eigenvalue weighted by molar-refractivity contribution is 6.02. The van der Waals surface area contributed by atoms with Crippen LogP contribution in [-0.2, 0) is 4.74 Å². The number of esters is 1. The number of carbonyl (C=O) groups is 3. The van der Waals surface area contributed by atoms with Gasteiger partial charge in [-0.15, -0.1) is 0 Å². The minimum Gasteiger partial charge on any atom is -0.462 e. The number of rotatable bonds is 4. The van der Waals surface area contributed by atoms with Gasteiger partial charge in [0.1, 0.15) is 5.69 Å². The van der Waals surface area contributed by atoms with Gasteiger partial charge in [0.15, 0.2) is 0 Å². The molecule has 2 rings (SSSR count). The van der Waals surface area contributed by atoms with Crippen molar-refractivity contribution in [3.63, 3.8) is 0 Å². The lowest BCUT2D eigenvalue weighted by Gasteiger charge is -2.08. The molecule has 0 saturated carbocycles. The lowest BCUT2D eigenvalue weighted by Crippen LogP contribution is -2.42. The fourth-order valence-electron chi connectivity index (χ4n) is 2.52. The molecule has 0 spiro atoms. The molecule has 7 nitrogen and oxygen atoms in total. The monoisotopic (exact) mass is 343 g/mol. The average Bonchev–Trinajstić information content (AvgIpc) is 2.87. The number of aromatic amines is 1. The van der Waals surface area contributed by atoms with Crippen LogP contribution in [-0.4, -0.2) is 29.4 Å². The molecule has 1 heterocycles. The lowest BCUT2D eigenvalue weighted by molar-refractivity contribution is 0.0524. The minimum absolute atomic E-state index is 0.199. The number of hydrazine groups is 1. The number of H-pyrrole nitrogens is 1. The molecule has 2 amide bonds. The van der Waals surface area contributed by atoms with Crippen LogP contribution in [0.1, 0.15) is 54.9 Å². The molecule has 132 valence electrons. The number of amides is 2. The van der Waals surface area contributed by atoms with Gasteiger partial charge in [0.05, 0.1) is 12.2 Å². The van der Waals surface area contributed by atoms with E-state index >= 15 is 0 Å². The lowest BCUT2D eigenvalue weighted by atomic mass is 10.1. The number of ether oxygens (including phenoxy) is 1. The zero-order valence-corrected chi connectivity index (χ0v) is 14.6. The van der Waals surface area contributed by atoms with E-state index in [4.69, 9.17) is 4.74 Å². The Morgan fingerprint density at radius 2 is 1.76 bits per heavy atom. The summed E-state index contributed by atoms with van der Waals surface area (Å²) in [5.41, 5.74) is 7.62. The van der Waals surface area contributed by atoms with Gasteiger partial charge in [-0.1, -0.05) is 17.7 Å². The molecule has 0 fully saturated rings. The number of hydrogen-bond acceptors (Lipinski definition) is 4. The normalized spacial score (nSPS) is 10.2. The van der Waals surface area contributed by atoms with Crippen LogP contribution in [0.15, 0.2) is 24.3 Å². The highest BCUT2D eigenvalue weighted by Crippen LogP contribution is 2.18. The molecule has 0 saturated heterocycles. The summed E-state index contributed by atoms with van der Waals surface area (Å²) in [7, 11) is 0. The predicted molar refractivity (Wildman–Crippen MR) is 92.3 cm³/mol. The Labute approximate surface area is 145 Å². The molecule has 0 atom stereocenters. The molecule has 0 radical (unpaired) electrons. The summed E-state index contributed by atoms with van der Waals surface area (Å²) in [4.78, 5) is 39.2. The van der Waals surface area contributed by atoms with Crippen molar-refractivity contribution < 1.29 is 19.1 Å². The molecule has 3 N–H and O–H groups in total. The third-order valence-corrected chi connectivity index (χ3v) is 3.71. The van der Waals surface area contributed by atoms with Gasteiger partial charge in [-0.25, -0.2) is 4.79 Å². The van der Waals surface area contributed by atoms with Crippen molar-refractivity contribution in [1.29, 1.82) is 0 Å². The molecule has 2 aromatic rings. The Kier molecular flexibility index (Phi) is 5.59. The van der Waals surface area contributed by atoms with E-state index < -0.39 is 17.8 Å². The largest absolute Gasteiger partial charge is 0.462 e. The third-order valence-electron chi connectivity index (χ3n) is 3.71. The van der Waals surface area contributed by atoms with E-state index in [1.54, 1.807) is 39.0 Å². The Balaban J connectivity index is 2.10. The van der Waals surface area contributed by atoms with Gasteiger partial charge < -0.3 is 9.72 Å². The van der Waals surface area contributed by atoms with Crippen molar-refractivity contribution in [2.75, 3.05) is 6.61 Å². The van der Waals surface area contributed by atoms with E-state index in [0.717, 1.165) is 5.56 Å². The zero-order chi connectivity index (χ0) is 18.6. The molecular formula is C18H21N3O4. The SMILES string of the molecule is CCOC(=O)c1c(C)[nH]c(C(=O)NNC(=O)c2cccc(C)c2)c1C. The Morgan fingerprint density at radius 1 is 1.08 bits per heavy atom. The van der Waals surface area contributed by atoms with E-state index in [9.17, 15) is 14.4 Å². The zero-order valence-electron chi connectivity index (χ0n) is 14.6. The number of carbonyl (C=O) groups excluding carboxylic acids is 3. The van der Waals surface area contributed by atoms with E-state index in [2.05, 4.69) is 15.8 Å². The summed E-state index contributed by atoms with van der Waals surface area (Å²) in [6.45, 7) is 7.16. The maximum atomic E-state index is 12.3. The van der Waals surface area contributed by atoms with Crippen LogP contribution in [0.5, 0.6) is 0 Å². The minimum atomic E-state index is -0.544. The highest BCUT2D eigenvalue weighted by Gasteiger charge is 2.23. The summed E-state index contributed by atoms with van der Waals surface area (Å²) >= 11 is 0. The van der Waals surface area contributed by atoms with Crippen molar-refractivity contribution in [3.8, 4) is 0 Å². The van der Waals surface area contributed by atoms with Gasteiger partial charge in [0.25, 0.3) is 11.8 Å². The second kappa shape index (κ2) is 7.65. The van der Waals surface area contributed by atoms with Crippen molar-refractivity contribution in [2.45, 2.75) is 27.7 Å². The number of hydrogen-bond donors (Lipinski definition) is 3. The van der Waals surface area contributed by atoms with Crippen molar-refractivity contribution in [3.05, 3.63) is 57.9 Å². The Hall–Kier alpha value is -3.09. The van der Waals surface area contributed by atoms with Gasteiger partial charge >= 0.3 is 5.97 Å². The van der Waals surface area contributed by atoms with Gasteiger partial charge in [-0.2, -0.15) is 0 Å². The van der Waals surface area contributed by atoms with Gasteiger partial charge in [-0.05, 0) is 45.4 Å². The molecule has 0 aliphatic rings. The van der Waals surface area contributed by atoms with Crippen molar-refractivity contribution in [2.24, 2.45) is 0 Å². The van der Waals surface area contributed by atoms with E-state index in [1.807, 2.05) is 13.0 Å². The smallest absolute Gasteiger partial charge is 0.340 e. The first-order chi connectivity index (χ1) is 11.8. The molecule has 25 heavy (non-hydrogen) atoms. The van der Waals surface area contributed by atoms with Gasteiger partial charge in [0.2, 0.25) is 0 Å². The molecule has 1 aromatic carbocycles. The fraction of sp³-hybridized carbons (Fsp3) is 0.278. The summed E-state index contributed by atoms with van der Waals surface area (Å²) in [6.07, 6.45) is 0. The van der Waals surface area contributed by atoms with Crippen LogP contribution >= 0.6 is 0 Å². The topological polar surface area (TPSA) is 100 Å². The first-order valence-electron chi connectivity index (χ1n) is 7.88. The molecule has 0 bridgehead atoms.